The van der Waals surface area contributed by atoms with E-state index in [1.54, 1.807) is 0 Å². The number of carbonyl (C=O) groups is 1. The van der Waals surface area contributed by atoms with Crippen molar-refractivity contribution in [2.24, 2.45) is 0 Å². The molecule has 0 saturated carbocycles. The van der Waals surface area contributed by atoms with Gasteiger partial charge in [0.1, 0.15) is 0 Å². The van der Waals surface area contributed by atoms with E-state index < -0.39 is 5.60 Å². The normalized spacial score (nSPS) is 32.7. The summed E-state index contributed by atoms with van der Waals surface area (Å²) in [5.74, 6) is -0.186. The number of carbonyl (C=O) groups excluding carboxylic acids is 1. The third-order valence-corrected chi connectivity index (χ3v) is 2.28. The lowest BCUT2D eigenvalue weighted by atomic mass is 9.92. The van der Waals surface area contributed by atoms with Gasteiger partial charge in [-0.05, 0) is 12.8 Å². The average Bonchev–Trinajstić information content (AvgIpc) is 2.15. The molecule has 1 fully saturated rings. The Kier molecular flexibility index (Phi) is 2.49. The van der Waals surface area contributed by atoms with Crippen molar-refractivity contribution in [2.75, 3.05) is 6.61 Å². The highest BCUT2D eigenvalue weighted by Gasteiger charge is 2.28. The van der Waals surface area contributed by atoms with E-state index in [1.807, 2.05) is 6.92 Å². The Labute approximate surface area is 66.4 Å². The molecular formula is C8H14O3. The van der Waals surface area contributed by atoms with Crippen LogP contribution in [-0.2, 0) is 9.53 Å². The van der Waals surface area contributed by atoms with Crippen molar-refractivity contribution in [3.05, 3.63) is 0 Å². The fourth-order valence-corrected chi connectivity index (χ4v) is 1.24. The molecule has 0 amide bonds. The van der Waals surface area contributed by atoms with Crippen molar-refractivity contribution in [1.82, 2.24) is 0 Å². The van der Waals surface area contributed by atoms with Gasteiger partial charge in [0, 0.05) is 12.8 Å². The number of cyclic esters (lactones) is 1. The lowest BCUT2D eigenvalue weighted by molar-refractivity contribution is -0.142. The largest absolute Gasteiger partial charge is 0.466 e. The molecule has 1 heterocycles. The van der Waals surface area contributed by atoms with Crippen molar-refractivity contribution < 1.29 is 14.6 Å². The zero-order valence-corrected chi connectivity index (χ0v) is 6.80. The quantitative estimate of drug-likeness (QED) is 0.575. The Hall–Kier alpha value is -0.570. The SMILES string of the molecule is CCC1(O)CCOC(=O)CC1. The Balaban J connectivity index is 2.52. The van der Waals surface area contributed by atoms with E-state index >= 15 is 0 Å². The lowest BCUT2D eigenvalue weighted by Gasteiger charge is -2.22. The maximum atomic E-state index is 10.8. The van der Waals surface area contributed by atoms with Crippen LogP contribution in [-0.4, -0.2) is 23.3 Å². The number of hydrogen-bond acceptors (Lipinski definition) is 3. The van der Waals surface area contributed by atoms with E-state index in [9.17, 15) is 9.90 Å². The van der Waals surface area contributed by atoms with Gasteiger partial charge in [-0.15, -0.1) is 0 Å². The summed E-state index contributed by atoms with van der Waals surface area (Å²) in [6.45, 7) is 2.29. The minimum absolute atomic E-state index is 0.186. The van der Waals surface area contributed by atoms with Crippen LogP contribution in [0.15, 0.2) is 0 Å². The van der Waals surface area contributed by atoms with Crippen LogP contribution < -0.4 is 0 Å². The molecule has 0 bridgehead atoms. The predicted octanol–water partition coefficient (Wildman–Crippen LogP) is 0.855. The third-order valence-electron chi connectivity index (χ3n) is 2.28. The zero-order valence-electron chi connectivity index (χ0n) is 6.80. The molecule has 0 radical (unpaired) electrons. The molecule has 64 valence electrons. The smallest absolute Gasteiger partial charge is 0.305 e. The van der Waals surface area contributed by atoms with Gasteiger partial charge in [0.15, 0.2) is 0 Å². The van der Waals surface area contributed by atoms with Crippen molar-refractivity contribution in [3.8, 4) is 0 Å². The van der Waals surface area contributed by atoms with Crippen molar-refractivity contribution >= 4 is 5.97 Å². The number of hydrogen-bond donors (Lipinski definition) is 1. The first kappa shape index (κ1) is 8.53. The molecule has 0 aliphatic carbocycles. The summed E-state index contributed by atoms with van der Waals surface area (Å²) in [6.07, 6.45) is 2.17. The van der Waals surface area contributed by atoms with Crippen molar-refractivity contribution in [3.63, 3.8) is 0 Å². The van der Waals surface area contributed by atoms with E-state index in [-0.39, 0.29) is 5.97 Å². The summed E-state index contributed by atoms with van der Waals surface area (Å²) >= 11 is 0. The van der Waals surface area contributed by atoms with Gasteiger partial charge >= 0.3 is 5.97 Å². The van der Waals surface area contributed by atoms with Crippen LogP contribution in [0, 0.1) is 0 Å². The molecular weight excluding hydrogens is 144 g/mol. The van der Waals surface area contributed by atoms with Crippen LogP contribution in [0.5, 0.6) is 0 Å². The number of rotatable bonds is 1. The maximum Gasteiger partial charge on any atom is 0.305 e. The van der Waals surface area contributed by atoms with Crippen molar-refractivity contribution in [2.45, 2.75) is 38.2 Å². The molecule has 3 heteroatoms. The summed E-state index contributed by atoms with van der Waals surface area (Å²) in [4.78, 5) is 10.8. The zero-order chi connectivity index (χ0) is 8.32. The molecule has 1 rings (SSSR count). The second-order valence-electron chi connectivity index (χ2n) is 3.05. The monoisotopic (exact) mass is 158 g/mol. The van der Waals surface area contributed by atoms with Gasteiger partial charge in [0.25, 0.3) is 0 Å². The van der Waals surface area contributed by atoms with Gasteiger partial charge in [-0.1, -0.05) is 6.92 Å². The average molecular weight is 158 g/mol. The van der Waals surface area contributed by atoms with Gasteiger partial charge in [-0.3, -0.25) is 4.79 Å². The van der Waals surface area contributed by atoms with E-state index in [2.05, 4.69) is 0 Å². The van der Waals surface area contributed by atoms with Gasteiger partial charge in [-0.2, -0.15) is 0 Å². The second-order valence-corrected chi connectivity index (χ2v) is 3.05. The highest BCUT2D eigenvalue weighted by atomic mass is 16.5. The minimum atomic E-state index is -0.661. The summed E-state index contributed by atoms with van der Waals surface area (Å²) in [7, 11) is 0. The molecule has 0 aromatic heterocycles. The molecule has 1 unspecified atom stereocenters. The Morgan fingerprint density at radius 3 is 3.00 bits per heavy atom. The standard InChI is InChI=1S/C8H14O3/c1-2-8(10)4-3-7(9)11-6-5-8/h10H,2-6H2,1H3. The van der Waals surface area contributed by atoms with Gasteiger partial charge < -0.3 is 9.84 Å². The molecule has 3 nitrogen and oxygen atoms in total. The number of ether oxygens (including phenoxy) is 1. The molecule has 1 atom stereocenters. The Bertz CT molecular complexity index is 155. The summed E-state index contributed by atoms with van der Waals surface area (Å²) in [5.41, 5.74) is -0.661. The topological polar surface area (TPSA) is 46.5 Å². The van der Waals surface area contributed by atoms with E-state index in [0.29, 0.717) is 32.3 Å². The molecule has 0 aromatic rings. The van der Waals surface area contributed by atoms with E-state index in [1.165, 1.54) is 0 Å². The van der Waals surface area contributed by atoms with Gasteiger partial charge in [-0.25, -0.2) is 0 Å². The third kappa shape index (κ3) is 2.19. The molecule has 1 N–H and O–H groups in total. The summed E-state index contributed by atoms with van der Waals surface area (Å²) < 4.78 is 4.80. The van der Waals surface area contributed by atoms with Crippen molar-refractivity contribution in [1.29, 1.82) is 0 Å². The Morgan fingerprint density at radius 2 is 2.36 bits per heavy atom. The van der Waals surface area contributed by atoms with Crippen LogP contribution in [0.25, 0.3) is 0 Å². The first-order chi connectivity index (χ1) is 5.16. The van der Waals surface area contributed by atoms with Crippen LogP contribution in [0.1, 0.15) is 32.6 Å². The van der Waals surface area contributed by atoms with E-state index in [4.69, 9.17) is 4.74 Å². The fourth-order valence-electron chi connectivity index (χ4n) is 1.24. The Morgan fingerprint density at radius 1 is 1.64 bits per heavy atom. The number of aliphatic hydroxyl groups is 1. The molecule has 11 heavy (non-hydrogen) atoms. The van der Waals surface area contributed by atoms with E-state index in [0.717, 1.165) is 0 Å². The number of esters is 1. The second kappa shape index (κ2) is 3.22. The molecule has 0 spiro atoms. The maximum absolute atomic E-state index is 10.8. The van der Waals surface area contributed by atoms with Crippen LogP contribution in [0.2, 0.25) is 0 Å². The molecule has 0 aromatic carbocycles. The highest BCUT2D eigenvalue weighted by molar-refractivity contribution is 5.69. The van der Waals surface area contributed by atoms with Crippen LogP contribution in [0.4, 0.5) is 0 Å². The summed E-state index contributed by atoms with van der Waals surface area (Å²) in [5, 5.41) is 9.75. The van der Waals surface area contributed by atoms with Crippen LogP contribution >= 0.6 is 0 Å². The highest BCUT2D eigenvalue weighted by Crippen LogP contribution is 2.24. The lowest BCUT2D eigenvalue weighted by Crippen LogP contribution is -2.27. The predicted molar refractivity (Wildman–Crippen MR) is 40.1 cm³/mol. The molecule has 1 aliphatic rings. The minimum Gasteiger partial charge on any atom is -0.466 e. The first-order valence-electron chi connectivity index (χ1n) is 4.04. The van der Waals surface area contributed by atoms with Crippen LogP contribution in [0.3, 0.4) is 0 Å². The molecule has 1 saturated heterocycles. The van der Waals surface area contributed by atoms with Gasteiger partial charge in [0.05, 0.1) is 12.2 Å². The fraction of sp³-hybridized carbons (Fsp3) is 0.875. The van der Waals surface area contributed by atoms with Gasteiger partial charge in [0.2, 0.25) is 0 Å². The first-order valence-corrected chi connectivity index (χ1v) is 4.04. The molecule has 1 aliphatic heterocycles. The summed E-state index contributed by atoms with van der Waals surface area (Å²) in [6, 6.07) is 0.